The van der Waals surface area contributed by atoms with Gasteiger partial charge in [0, 0.05) is 5.75 Å². The molecule has 1 aliphatic rings. The Labute approximate surface area is 128 Å². The highest BCUT2D eigenvalue weighted by Crippen LogP contribution is 2.10. The molecule has 1 aromatic heterocycles. The molecule has 0 bridgehead atoms. The van der Waals surface area contributed by atoms with Gasteiger partial charge in [-0.15, -0.1) is 11.3 Å². The minimum absolute atomic E-state index is 0.278. The molecule has 0 aliphatic carbocycles. The quantitative estimate of drug-likeness (QED) is 0.505. The minimum atomic E-state index is -1.19. The minimum Gasteiger partial charge on any atom is -0.394 e. The second-order valence-corrected chi connectivity index (χ2v) is 6.07. The van der Waals surface area contributed by atoms with Gasteiger partial charge in [-0.25, -0.2) is 0 Å². The second kappa shape index (κ2) is 7.34. The highest BCUT2D eigenvalue weighted by molar-refractivity contribution is 8.14. The van der Waals surface area contributed by atoms with Gasteiger partial charge in [0.2, 0.25) is 0 Å². The molecule has 0 saturated heterocycles. The zero-order valence-electron chi connectivity index (χ0n) is 10.9. The number of amides is 2. The van der Waals surface area contributed by atoms with Crippen LogP contribution in [0.4, 0.5) is 0 Å². The number of rotatable bonds is 5. The Morgan fingerprint density at radius 1 is 1.43 bits per heavy atom. The molecule has 2 amide bonds. The van der Waals surface area contributed by atoms with Gasteiger partial charge < -0.3 is 15.7 Å². The monoisotopic (exact) mass is 327 g/mol. The standard InChI is InChI=1S/C12H13N3O4S2/c16-6-7(10(18)15-12-13-3-5-21-12)14-11(19)9(17)8-2-1-4-20-8/h1-2,4,7,16H,3,5-6H2,(H,14,19)(H,13,15,18). The van der Waals surface area contributed by atoms with Crippen LogP contribution >= 0.6 is 23.1 Å². The van der Waals surface area contributed by atoms with Gasteiger partial charge in [-0.05, 0) is 11.4 Å². The number of carbonyl (C=O) groups is 3. The van der Waals surface area contributed by atoms with Crippen LogP contribution in [0, 0.1) is 0 Å². The molecular formula is C12H13N3O4S2. The van der Waals surface area contributed by atoms with Crippen LogP contribution in [0.2, 0.25) is 0 Å². The maximum atomic E-state index is 11.9. The normalized spacial score (nSPS) is 15.2. The Balaban J connectivity index is 1.93. The van der Waals surface area contributed by atoms with Gasteiger partial charge in [0.15, 0.2) is 5.17 Å². The summed E-state index contributed by atoms with van der Waals surface area (Å²) in [4.78, 5) is 39.8. The Kier molecular flexibility index (Phi) is 5.48. The Morgan fingerprint density at radius 2 is 2.24 bits per heavy atom. The second-order valence-electron chi connectivity index (χ2n) is 4.04. The summed E-state index contributed by atoms with van der Waals surface area (Å²) >= 11 is 2.51. The lowest BCUT2D eigenvalue weighted by Gasteiger charge is -2.15. The smallest absolute Gasteiger partial charge is 0.293 e. The molecule has 112 valence electrons. The third kappa shape index (κ3) is 4.13. The molecule has 0 saturated carbocycles. The molecule has 0 aromatic carbocycles. The molecule has 0 radical (unpaired) electrons. The zero-order valence-corrected chi connectivity index (χ0v) is 12.5. The van der Waals surface area contributed by atoms with Crippen molar-refractivity contribution in [1.29, 1.82) is 0 Å². The first-order chi connectivity index (χ1) is 10.1. The van der Waals surface area contributed by atoms with E-state index < -0.39 is 30.2 Å². The van der Waals surface area contributed by atoms with Crippen molar-refractivity contribution in [2.75, 3.05) is 18.9 Å². The van der Waals surface area contributed by atoms with Crippen LogP contribution in [0.5, 0.6) is 0 Å². The molecular weight excluding hydrogens is 314 g/mol. The number of thiophene rings is 1. The number of nitrogens with one attached hydrogen (secondary N) is 2. The fourth-order valence-corrected chi connectivity index (χ4v) is 2.93. The topological polar surface area (TPSA) is 108 Å². The van der Waals surface area contributed by atoms with Crippen LogP contribution < -0.4 is 10.6 Å². The van der Waals surface area contributed by atoms with Crippen molar-refractivity contribution < 1.29 is 19.5 Å². The third-order valence-electron chi connectivity index (χ3n) is 2.57. The van der Waals surface area contributed by atoms with Crippen LogP contribution in [0.3, 0.4) is 0 Å². The van der Waals surface area contributed by atoms with E-state index in [4.69, 9.17) is 0 Å². The number of Topliss-reactive ketones (excluding diaryl/α,β-unsaturated/α-hetero) is 1. The largest absolute Gasteiger partial charge is 0.394 e. The molecule has 0 spiro atoms. The third-order valence-corrected chi connectivity index (χ3v) is 4.33. The molecule has 9 heteroatoms. The fraction of sp³-hybridized carbons (Fsp3) is 0.333. The van der Waals surface area contributed by atoms with E-state index in [1.807, 2.05) is 0 Å². The Morgan fingerprint density at radius 3 is 2.81 bits per heavy atom. The lowest BCUT2D eigenvalue weighted by atomic mass is 10.2. The van der Waals surface area contributed by atoms with Crippen LogP contribution in [-0.2, 0) is 9.59 Å². The summed E-state index contributed by atoms with van der Waals surface area (Å²) in [6.07, 6.45) is 0. The van der Waals surface area contributed by atoms with Crippen LogP contribution in [0.1, 0.15) is 9.67 Å². The molecule has 21 heavy (non-hydrogen) atoms. The molecule has 1 atom stereocenters. The first kappa shape index (κ1) is 15.7. The number of amidine groups is 1. The van der Waals surface area contributed by atoms with Crippen molar-refractivity contribution in [3.05, 3.63) is 22.4 Å². The number of ketones is 1. The zero-order chi connectivity index (χ0) is 15.2. The number of aliphatic hydroxyl groups excluding tert-OH is 1. The van der Waals surface area contributed by atoms with E-state index in [2.05, 4.69) is 15.6 Å². The van der Waals surface area contributed by atoms with E-state index in [0.717, 1.165) is 17.1 Å². The lowest BCUT2D eigenvalue weighted by molar-refractivity contribution is -0.127. The van der Waals surface area contributed by atoms with Crippen molar-refractivity contribution in [3.63, 3.8) is 0 Å². The average Bonchev–Trinajstić information content (AvgIpc) is 3.16. The van der Waals surface area contributed by atoms with Gasteiger partial charge >= 0.3 is 0 Å². The van der Waals surface area contributed by atoms with Crippen LogP contribution in [-0.4, -0.2) is 52.8 Å². The number of nitrogens with zero attached hydrogens (tertiary/aromatic N) is 1. The molecule has 1 aromatic rings. The average molecular weight is 327 g/mol. The van der Waals surface area contributed by atoms with E-state index in [1.54, 1.807) is 11.4 Å². The van der Waals surface area contributed by atoms with Gasteiger partial charge in [-0.1, -0.05) is 17.8 Å². The van der Waals surface area contributed by atoms with Crippen molar-refractivity contribution in [3.8, 4) is 0 Å². The van der Waals surface area contributed by atoms with E-state index in [9.17, 15) is 19.5 Å². The molecule has 1 unspecified atom stereocenters. The predicted molar refractivity (Wildman–Crippen MR) is 80.6 cm³/mol. The number of thioether (sulfide) groups is 1. The van der Waals surface area contributed by atoms with Gasteiger partial charge in [0.05, 0.1) is 18.0 Å². The fourth-order valence-electron chi connectivity index (χ4n) is 1.54. The number of carbonyl (C=O) groups excluding carboxylic acids is 3. The predicted octanol–water partition coefficient (Wildman–Crippen LogP) is -0.373. The maximum absolute atomic E-state index is 11.9. The molecule has 1 aliphatic heterocycles. The molecule has 2 rings (SSSR count). The lowest BCUT2D eigenvalue weighted by Crippen LogP contribution is -2.51. The molecule has 2 heterocycles. The first-order valence-corrected chi connectivity index (χ1v) is 7.96. The molecule has 3 N–H and O–H groups in total. The Bertz CT molecular complexity index is 571. The van der Waals surface area contributed by atoms with Crippen molar-refractivity contribution in [2.45, 2.75) is 6.04 Å². The summed E-state index contributed by atoms with van der Waals surface area (Å²) in [5.74, 6) is -1.47. The van der Waals surface area contributed by atoms with Gasteiger partial charge in [-0.2, -0.15) is 0 Å². The van der Waals surface area contributed by atoms with Crippen LogP contribution in [0.15, 0.2) is 22.5 Å². The summed E-state index contributed by atoms with van der Waals surface area (Å²) < 4.78 is 0. The number of aliphatic hydroxyl groups is 1. The summed E-state index contributed by atoms with van der Waals surface area (Å²) in [6, 6.07) is 1.98. The Hall–Kier alpha value is -1.71. The number of aliphatic imine (C=N–C) groups is 1. The number of hydrogen-bond donors (Lipinski definition) is 3. The summed E-state index contributed by atoms with van der Waals surface area (Å²) in [7, 11) is 0. The van der Waals surface area contributed by atoms with E-state index in [1.165, 1.54) is 17.8 Å². The van der Waals surface area contributed by atoms with Crippen molar-refractivity contribution in [2.24, 2.45) is 4.99 Å². The molecule has 0 fully saturated rings. The van der Waals surface area contributed by atoms with Gasteiger partial charge in [0.1, 0.15) is 6.04 Å². The van der Waals surface area contributed by atoms with Crippen molar-refractivity contribution in [1.82, 2.24) is 10.6 Å². The van der Waals surface area contributed by atoms with Crippen LogP contribution in [0.25, 0.3) is 0 Å². The van der Waals surface area contributed by atoms with Crippen molar-refractivity contribution >= 4 is 45.9 Å². The van der Waals surface area contributed by atoms with E-state index in [-0.39, 0.29) is 4.88 Å². The van der Waals surface area contributed by atoms with Gasteiger partial charge in [0.25, 0.3) is 17.6 Å². The highest BCUT2D eigenvalue weighted by atomic mass is 32.2. The van der Waals surface area contributed by atoms with E-state index >= 15 is 0 Å². The first-order valence-electron chi connectivity index (χ1n) is 6.09. The van der Waals surface area contributed by atoms with E-state index in [0.29, 0.717) is 11.7 Å². The number of hydrogen-bond acceptors (Lipinski definition) is 7. The molecule has 7 nitrogen and oxygen atoms in total. The maximum Gasteiger partial charge on any atom is 0.293 e. The highest BCUT2D eigenvalue weighted by Gasteiger charge is 2.26. The SMILES string of the molecule is O=C(NC(CO)C(=O)NC1=NCCS1)C(=O)c1cccs1. The summed E-state index contributed by atoms with van der Waals surface area (Å²) in [5.41, 5.74) is 0. The van der Waals surface area contributed by atoms with Gasteiger partial charge in [-0.3, -0.25) is 19.4 Å². The summed E-state index contributed by atoms with van der Waals surface area (Å²) in [5, 5.41) is 16.0. The summed E-state index contributed by atoms with van der Waals surface area (Å²) in [6.45, 7) is 0.0144.